The van der Waals surface area contributed by atoms with E-state index in [9.17, 15) is 4.39 Å². The zero-order chi connectivity index (χ0) is 96.6. The van der Waals surface area contributed by atoms with Gasteiger partial charge in [0.2, 0.25) is 0 Å². The minimum Gasteiger partial charge on any atom is -0.0622 e. The molecule has 140 heavy (non-hydrogen) atoms. The van der Waals surface area contributed by atoms with E-state index in [-0.39, 0.29) is 0 Å². The summed E-state index contributed by atoms with van der Waals surface area (Å²) in [5, 5.41) is 71.4. The topological polar surface area (TPSA) is 93.3 Å². The number of benzene rings is 27. The molecule has 0 saturated heterocycles. The Morgan fingerprint density at radius 2 is 0.464 bits per heavy atom. The van der Waals surface area contributed by atoms with Crippen molar-refractivity contribution in [2.75, 3.05) is 7.15 Å². The Hall–Kier alpha value is -14.8. The predicted molar refractivity (Wildman–Crippen MR) is 613 cm³/mol. The summed E-state index contributed by atoms with van der Waals surface area (Å²) in [4.78, 5) is 0. The molecule has 27 aromatic rings. The standard InChI is InChI=1S/C38H24.C28H17Br.C28H18.C16H8Br2.C10H9BO2.C6H7BO2.CH3F.BHNS/c1-3-10-25(11-4-1)30-20-18-28-19-21-33-35(27-12-5-2-6-13-27)24-36(34-23-22-32(30)37(28)38(33)34)31-17-9-15-26-14-7-8-16-29(26)31;29-26-17-25(19-9-5-2-6-10-19)23-14-12-20-11-13-21(18-7-3-1-4-8-18)22-15-16-24(26)28(23)27(20)22;1-3-7-19(8-4-1)23-15-11-21-14-18-26-24(20-9-5-2-6-10-20)16-12-22-13-17-25(23)27(21)28(22)26;17-13-8-4-10-2-6-12-14(18)7-3-9-1-5-11(13)16(10)15(9)12;12-11(13)10-7-3-5-8-4-1-2-6-9(8)10;8-7(9)6-4-2-1-3-5-6;1-2;1-2-3/h1-24H;1-17H;1-18H;1-8H;1-7,12-13H;1-5,8-9H;1H3;3H/i;;;;;;1D;. The third-order valence-electron chi connectivity index (χ3n) is 26.5. The smallest absolute Gasteiger partial charge is 0.00141 e. The maximum absolute atomic E-state index is 9.96. The molecule has 0 atom stereocenters. The fraction of sp³-hybridized carbons (Fsp3) is 0.00787. The zero-order valence-electron chi connectivity index (χ0n) is 76.7. The number of nitrogens with zero attached hydrogens (tertiary/aromatic N) is 1. The number of rotatable bonds is 9. The summed E-state index contributed by atoms with van der Waals surface area (Å²) in [5.41, 5.74) is 18.9. The van der Waals surface area contributed by atoms with Gasteiger partial charge in [-0.3, -0.25) is 4.39 Å². The van der Waals surface area contributed by atoms with Crippen LogP contribution in [0.1, 0.15) is 1.37 Å². The summed E-state index contributed by atoms with van der Waals surface area (Å²) < 4.78 is 21.7. The molecular weight excluding hydrogens is 1930 g/mol. The van der Waals surface area contributed by atoms with Crippen molar-refractivity contribution in [2.45, 2.75) is 0 Å². The van der Waals surface area contributed by atoms with Crippen LogP contribution in [0.3, 0.4) is 0 Å². The summed E-state index contributed by atoms with van der Waals surface area (Å²) in [6.45, 7) is 0. The van der Waals surface area contributed by atoms with Crippen molar-refractivity contribution in [1.82, 2.24) is 0 Å². The first kappa shape index (κ1) is 91.6. The Kier molecular flexibility index (Phi) is 27.4. The van der Waals surface area contributed by atoms with Gasteiger partial charge in [-0.05, 0) is 264 Å². The van der Waals surface area contributed by atoms with Crippen molar-refractivity contribution < 1.29 is 25.9 Å². The SMILES string of the molecule is Brc1cc(-c2ccccc2)c2ccc3ccc(-c4ccccc4)c4ccc1c2c34.Brc1ccc2ccc3c(Br)ccc4ccc1c2c43.OB(O)c1cccc2ccccc12.OB(O)c1ccccc1.[2H]CF.[B]=NS.c1ccc(-c2ccc3ccc4c(-c5ccccc5)cc(-c5cccc6ccccc56)c5ccc2c3c45)cc1.c1ccc(-c2ccc3ccc4c(-c5ccccc5)ccc5ccc2c3c54)cc1. The average Bonchev–Trinajstić information content (AvgIpc) is 0.733. The second-order valence-electron chi connectivity index (χ2n) is 34.3. The second kappa shape index (κ2) is 41.8. The first-order valence-electron chi connectivity index (χ1n) is 46.8. The summed E-state index contributed by atoms with van der Waals surface area (Å²) in [6, 6.07) is 169. The summed E-state index contributed by atoms with van der Waals surface area (Å²) in [5.74, 6) is 0. The molecule has 27 rings (SSSR count). The third-order valence-corrected chi connectivity index (χ3v) is 28.6. The molecule has 0 heterocycles. The Morgan fingerprint density at radius 3 is 0.829 bits per heavy atom. The van der Waals surface area contributed by atoms with E-state index in [2.05, 4.69) is 479 Å². The quantitative estimate of drug-likeness (QED) is 0.0566. The minimum atomic E-state index is -1.40. The predicted octanol–water partition coefficient (Wildman–Crippen LogP) is 34.1. The van der Waals surface area contributed by atoms with Crippen LogP contribution in [0.5, 0.6) is 0 Å². The molecule has 4 N–H and O–H groups in total. The average molecular weight is 2020 g/mol. The van der Waals surface area contributed by atoms with Crippen LogP contribution in [0.25, 0.3) is 229 Å². The molecule has 0 unspecified atom stereocenters. The van der Waals surface area contributed by atoms with E-state index in [0.29, 0.717) is 10.9 Å². The van der Waals surface area contributed by atoms with Gasteiger partial charge >= 0.3 is 39.0 Å². The largest absolute Gasteiger partial charge is 0.0622 e. The monoisotopic (exact) mass is 2010 g/mol. The third kappa shape index (κ3) is 18.3. The van der Waals surface area contributed by atoms with Crippen LogP contribution >= 0.6 is 60.6 Å². The molecule has 0 spiro atoms. The van der Waals surface area contributed by atoms with Gasteiger partial charge in [-0.15, -0.1) is 0 Å². The van der Waals surface area contributed by atoms with Crippen LogP contribution in [0.2, 0.25) is 0 Å². The summed E-state index contributed by atoms with van der Waals surface area (Å²) >= 11 is 14.3. The van der Waals surface area contributed by atoms with Gasteiger partial charge in [0, 0.05) is 13.4 Å². The molecule has 0 aliphatic rings. The maximum atomic E-state index is 9.96. The van der Waals surface area contributed by atoms with Crippen LogP contribution in [0.4, 0.5) is 4.39 Å². The normalized spacial score (nSPS) is 11.2. The number of fused-ring (bicyclic) bond motifs is 2. The Bertz CT molecular complexity index is 8930. The van der Waals surface area contributed by atoms with Crippen molar-refractivity contribution in [3.05, 3.63) is 493 Å². The van der Waals surface area contributed by atoms with E-state index in [1.165, 1.54) is 218 Å². The number of hydrogen-bond donors (Lipinski definition) is 5. The van der Waals surface area contributed by atoms with Crippen molar-refractivity contribution in [1.29, 1.82) is 0 Å². The Balaban J connectivity index is 0.000000107. The molecule has 27 aromatic carbocycles. The van der Waals surface area contributed by atoms with Crippen molar-refractivity contribution >= 4 is 244 Å². The number of alkyl halides is 1. The fourth-order valence-electron chi connectivity index (χ4n) is 20.3. The van der Waals surface area contributed by atoms with Crippen LogP contribution in [0, 0.1) is 0 Å². The van der Waals surface area contributed by atoms with Crippen molar-refractivity contribution in [2.24, 2.45) is 4.30 Å². The van der Waals surface area contributed by atoms with Gasteiger partial charge in [0.1, 0.15) is 0 Å². The summed E-state index contributed by atoms with van der Waals surface area (Å²) in [7, 11) is 0.598. The van der Waals surface area contributed by atoms with E-state index in [0.717, 1.165) is 24.2 Å². The van der Waals surface area contributed by atoms with Crippen molar-refractivity contribution in [3.63, 3.8) is 0 Å². The van der Waals surface area contributed by atoms with Gasteiger partial charge < -0.3 is 20.1 Å². The zero-order valence-corrected chi connectivity index (χ0v) is 81.4. The van der Waals surface area contributed by atoms with Gasteiger partial charge in [0.25, 0.3) is 0 Å². The van der Waals surface area contributed by atoms with E-state index in [1.54, 1.807) is 30.3 Å². The molecule has 667 valence electrons. The Labute approximate surface area is 844 Å². The van der Waals surface area contributed by atoms with Crippen LogP contribution in [-0.4, -0.2) is 49.1 Å². The molecule has 0 aliphatic heterocycles. The van der Waals surface area contributed by atoms with Crippen LogP contribution < -0.4 is 10.9 Å². The van der Waals surface area contributed by atoms with Gasteiger partial charge in [-0.25, -0.2) is 0 Å². The second-order valence-corrected chi connectivity index (χ2v) is 37.1. The molecule has 0 aromatic heterocycles. The van der Waals surface area contributed by atoms with Gasteiger partial charge in [0.05, 0.1) is 8.52 Å². The molecule has 0 saturated carbocycles. The van der Waals surface area contributed by atoms with Crippen molar-refractivity contribution in [3.8, 4) is 77.9 Å². The van der Waals surface area contributed by atoms with E-state index < -0.39 is 21.4 Å². The number of halogens is 4. The molecule has 0 bridgehead atoms. The number of hydrogen-bond acceptors (Lipinski definition) is 6. The molecule has 0 fully saturated rings. The molecule has 0 amide bonds. The fourth-order valence-corrected chi connectivity index (χ4v) is 21.7. The molecular formula is C127H87B3Br3FNO4S. The van der Waals surface area contributed by atoms with Gasteiger partial charge in [-0.2, -0.15) is 0 Å². The van der Waals surface area contributed by atoms with Gasteiger partial charge in [-0.1, -0.05) is 503 Å². The molecule has 13 heteroatoms. The summed E-state index contributed by atoms with van der Waals surface area (Å²) in [6.07, 6.45) is 0. The van der Waals surface area contributed by atoms with E-state index in [4.69, 9.17) is 21.5 Å². The molecule has 0 aliphatic carbocycles. The minimum absolute atomic E-state index is 0.525. The van der Waals surface area contributed by atoms with E-state index in [1.807, 2.05) is 42.5 Å². The first-order valence-corrected chi connectivity index (χ1v) is 48.9. The molecule has 5 nitrogen and oxygen atoms in total. The van der Waals surface area contributed by atoms with E-state index >= 15 is 0 Å². The van der Waals surface area contributed by atoms with Gasteiger partial charge in [0.15, 0.2) is 0 Å². The van der Waals surface area contributed by atoms with Crippen LogP contribution in [-0.2, 0) is 0 Å². The Morgan fingerprint density at radius 1 is 0.221 bits per heavy atom. The number of thiol groups is 1. The molecule has 1 radical (unpaired) electrons. The van der Waals surface area contributed by atoms with Crippen LogP contribution in [0.15, 0.2) is 497 Å². The first-order chi connectivity index (χ1) is 69.2. The maximum Gasteiger partial charge on any atom is -0.00141 e.